The van der Waals surface area contributed by atoms with Crippen molar-refractivity contribution in [1.29, 1.82) is 0 Å². The van der Waals surface area contributed by atoms with E-state index in [-0.39, 0.29) is 0 Å². The molecule has 0 bridgehead atoms. The fraction of sp³-hybridized carbons (Fsp3) is 0.762. The number of alkyl halides is 3. The fourth-order valence-electron chi connectivity index (χ4n) is 4.24. The Labute approximate surface area is 181 Å². The molecule has 3 rings (SSSR count). The van der Waals surface area contributed by atoms with Crippen LogP contribution in [0.3, 0.4) is 0 Å². The number of guanidine groups is 1. The van der Waals surface area contributed by atoms with Gasteiger partial charge >= 0.3 is 6.18 Å². The standard InChI is InChI=1S/C21H34F3N5S/c1-3-25-20(29-11-9-28(10-12-29)17(2)21(22,23)24)26-14-18-6-4-8-27(15-18)16-19-7-5-13-30-19/h5,7,13,17-18H,3-4,6,8-12,14-16H2,1-2H3,(H,25,26). The molecular formula is C21H34F3N5S. The first-order valence-corrected chi connectivity index (χ1v) is 11.8. The summed E-state index contributed by atoms with van der Waals surface area (Å²) in [4.78, 5) is 12.4. The van der Waals surface area contributed by atoms with Crippen molar-refractivity contribution in [2.45, 2.75) is 45.5 Å². The van der Waals surface area contributed by atoms with Crippen LogP contribution in [0.15, 0.2) is 22.5 Å². The Morgan fingerprint density at radius 2 is 2.03 bits per heavy atom. The molecular weight excluding hydrogens is 411 g/mol. The Balaban J connectivity index is 1.52. The van der Waals surface area contributed by atoms with Crippen LogP contribution in [0, 0.1) is 5.92 Å². The molecule has 2 saturated heterocycles. The van der Waals surface area contributed by atoms with Gasteiger partial charge in [-0.25, -0.2) is 0 Å². The van der Waals surface area contributed by atoms with E-state index in [1.54, 1.807) is 11.3 Å². The zero-order valence-corrected chi connectivity index (χ0v) is 18.8. The molecule has 30 heavy (non-hydrogen) atoms. The van der Waals surface area contributed by atoms with Gasteiger partial charge in [-0.2, -0.15) is 13.2 Å². The van der Waals surface area contributed by atoms with Gasteiger partial charge in [-0.05, 0) is 50.6 Å². The molecule has 0 aliphatic carbocycles. The lowest BCUT2D eigenvalue weighted by Crippen LogP contribution is -2.56. The first-order chi connectivity index (χ1) is 14.4. The molecule has 9 heteroatoms. The highest BCUT2D eigenvalue weighted by Gasteiger charge is 2.41. The molecule has 3 heterocycles. The van der Waals surface area contributed by atoms with Crippen LogP contribution in [0.1, 0.15) is 31.6 Å². The Kier molecular flexibility index (Phi) is 8.42. The van der Waals surface area contributed by atoms with Gasteiger partial charge in [0.1, 0.15) is 6.04 Å². The minimum atomic E-state index is -4.17. The molecule has 2 fully saturated rings. The largest absolute Gasteiger partial charge is 0.403 e. The molecule has 2 atom stereocenters. The highest BCUT2D eigenvalue weighted by Crippen LogP contribution is 2.25. The van der Waals surface area contributed by atoms with Crippen LogP contribution in [0.25, 0.3) is 0 Å². The van der Waals surface area contributed by atoms with E-state index in [1.807, 2.05) is 6.92 Å². The van der Waals surface area contributed by atoms with Gasteiger partial charge in [0.15, 0.2) is 5.96 Å². The van der Waals surface area contributed by atoms with Crippen LogP contribution in [0.2, 0.25) is 0 Å². The van der Waals surface area contributed by atoms with Crippen molar-refractivity contribution in [3.63, 3.8) is 0 Å². The average molecular weight is 446 g/mol. The molecule has 1 aromatic rings. The third-order valence-corrected chi connectivity index (χ3v) is 6.89. The van der Waals surface area contributed by atoms with Crippen LogP contribution in [-0.2, 0) is 6.54 Å². The third kappa shape index (κ3) is 6.59. The number of hydrogen-bond donors (Lipinski definition) is 1. The zero-order chi connectivity index (χ0) is 21.6. The topological polar surface area (TPSA) is 34.1 Å². The van der Waals surface area contributed by atoms with Gasteiger partial charge in [-0.15, -0.1) is 11.3 Å². The monoisotopic (exact) mass is 445 g/mol. The molecule has 0 amide bonds. The van der Waals surface area contributed by atoms with Gasteiger partial charge in [0.05, 0.1) is 0 Å². The van der Waals surface area contributed by atoms with Crippen LogP contribution in [-0.4, -0.2) is 85.2 Å². The molecule has 5 nitrogen and oxygen atoms in total. The van der Waals surface area contributed by atoms with E-state index in [1.165, 1.54) is 29.5 Å². The summed E-state index contributed by atoms with van der Waals surface area (Å²) in [6.45, 7) is 9.96. The maximum Gasteiger partial charge on any atom is 0.403 e. The molecule has 1 N–H and O–H groups in total. The number of nitrogens with one attached hydrogen (secondary N) is 1. The van der Waals surface area contributed by atoms with Gasteiger partial charge in [-0.3, -0.25) is 14.8 Å². The minimum Gasteiger partial charge on any atom is -0.357 e. The summed E-state index contributed by atoms with van der Waals surface area (Å²) in [5, 5.41) is 5.46. The van der Waals surface area contributed by atoms with Gasteiger partial charge in [-0.1, -0.05) is 6.07 Å². The second-order valence-corrected chi connectivity index (χ2v) is 9.29. The third-order valence-electron chi connectivity index (χ3n) is 6.03. The Hall–Kier alpha value is -1.32. The number of nitrogens with zero attached hydrogens (tertiary/aromatic N) is 4. The van der Waals surface area contributed by atoms with Gasteiger partial charge in [0, 0.05) is 57.2 Å². The van der Waals surface area contributed by atoms with Gasteiger partial charge in [0.2, 0.25) is 0 Å². The lowest BCUT2D eigenvalue weighted by atomic mass is 9.98. The lowest BCUT2D eigenvalue weighted by molar-refractivity contribution is -0.181. The average Bonchev–Trinajstić information content (AvgIpc) is 3.23. The number of rotatable bonds is 6. The smallest absolute Gasteiger partial charge is 0.357 e. The summed E-state index contributed by atoms with van der Waals surface area (Å²) < 4.78 is 39.0. The van der Waals surface area contributed by atoms with Crippen molar-refractivity contribution in [3.05, 3.63) is 22.4 Å². The van der Waals surface area contributed by atoms with Crippen LogP contribution in [0.4, 0.5) is 13.2 Å². The van der Waals surface area contributed by atoms with Gasteiger partial charge in [0.25, 0.3) is 0 Å². The number of thiophene rings is 1. The van der Waals surface area contributed by atoms with Crippen LogP contribution in [0.5, 0.6) is 0 Å². The predicted octanol–water partition coefficient (Wildman–Crippen LogP) is 3.49. The summed E-state index contributed by atoms with van der Waals surface area (Å²) in [7, 11) is 0. The minimum absolute atomic E-state index is 0.406. The number of piperazine rings is 1. The first kappa shape index (κ1) is 23.3. The number of piperidine rings is 1. The second kappa shape index (κ2) is 10.8. The van der Waals surface area contributed by atoms with Crippen molar-refractivity contribution in [1.82, 2.24) is 20.0 Å². The first-order valence-electron chi connectivity index (χ1n) is 11.0. The molecule has 2 aliphatic heterocycles. The van der Waals surface area contributed by atoms with Crippen molar-refractivity contribution in [2.24, 2.45) is 10.9 Å². The van der Waals surface area contributed by atoms with E-state index in [0.717, 1.165) is 38.7 Å². The summed E-state index contributed by atoms with van der Waals surface area (Å²) in [6.07, 6.45) is -1.80. The number of aliphatic imine (C=N–C) groups is 1. The maximum absolute atomic E-state index is 13.0. The fourth-order valence-corrected chi connectivity index (χ4v) is 4.98. The molecule has 0 spiro atoms. The summed E-state index contributed by atoms with van der Waals surface area (Å²) >= 11 is 1.80. The Morgan fingerprint density at radius 3 is 2.67 bits per heavy atom. The van der Waals surface area contributed by atoms with Crippen LogP contribution < -0.4 is 5.32 Å². The van der Waals surface area contributed by atoms with Crippen molar-refractivity contribution < 1.29 is 13.2 Å². The van der Waals surface area contributed by atoms with E-state index in [0.29, 0.717) is 32.1 Å². The molecule has 0 aromatic carbocycles. The SMILES string of the molecule is CCNC(=NCC1CCCN(Cc2cccs2)C1)N1CCN(C(C)C(F)(F)F)CC1. The highest BCUT2D eigenvalue weighted by molar-refractivity contribution is 7.09. The molecule has 2 aliphatic rings. The number of hydrogen-bond acceptors (Lipinski definition) is 4. The van der Waals surface area contributed by atoms with E-state index in [9.17, 15) is 13.2 Å². The highest BCUT2D eigenvalue weighted by atomic mass is 32.1. The molecule has 0 radical (unpaired) electrons. The molecule has 2 unspecified atom stereocenters. The maximum atomic E-state index is 13.0. The second-order valence-electron chi connectivity index (χ2n) is 8.26. The van der Waals surface area contributed by atoms with E-state index in [2.05, 4.69) is 32.6 Å². The summed E-state index contributed by atoms with van der Waals surface area (Å²) in [6, 6.07) is 2.90. The van der Waals surface area contributed by atoms with Crippen molar-refractivity contribution in [3.8, 4) is 0 Å². The van der Waals surface area contributed by atoms with E-state index in [4.69, 9.17) is 4.99 Å². The zero-order valence-electron chi connectivity index (χ0n) is 18.0. The van der Waals surface area contributed by atoms with E-state index >= 15 is 0 Å². The van der Waals surface area contributed by atoms with Gasteiger partial charge < -0.3 is 10.2 Å². The Morgan fingerprint density at radius 1 is 1.27 bits per heavy atom. The summed E-state index contributed by atoms with van der Waals surface area (Å²) in [5.41, 5.74) is 0. The normalized spacial score (nSPS) is 23.6. The van der Waals surface area contributed by atoms with Crippen molar-refractivity contribution in [2.75, 3.05) is 52.4 Å². The lowest BCUT2D eigenvalue weighted by Gasteiger charge is -2.40. The quantitative estimate of drug-likeness (QED) is 0.537. The number of halogens is 3. The molecule has 0 saturated carbocycles. The van der Waals surface area contributed by atoms with Crippen LogP contribution >= 0.6 is 11.3 Å². The predicted molar refractivity (Wildman–Crippen MR) is 117 cm³/mol. The molecule has 1 aromatic heterocycles. The molecule has 170 valence electrons. The van der Waals surface area contributed by atoms with Crippen molar-refractivity contribution >= 4 is 17.3 Å². The Bertz CT molecular complexity index is 656. The van der Waals surface area contributed by atoms with E-state index < -0.39 is 12.2 Å². The summed E-state index contributed by atoms with van der Waals surface area (Å²) in [5.74, 6) is 1.37. The number of likely N-dealkylation sites (tertiary alicyclic amines) is 1.